The van der Waals surface area contributed by atoms with Crippen molar-refractivity contribution in [3.63, 3.8) is 0 Å². The number of carbonyl (C=O) groups is 2. The van der Waals surface area contributed by atoms with Crippen LogP contribution in [0.4, 0.5) is 10.8 Å². The molecular formula is C24H25N5O5S2. The number of hydrogen-bond acceptors (Lipinski definition) is 7. The summed E-state index contributed by atoms with van der Waals surface area (Å²) in [5.41, 5.74) is 1.45. The fraction of sp³-hybridized carbons (Fsp3) is 0.208. The molecule has 0 spiro atoms. The molecule has 12 heteroatoms. The van der Waals surface area contributed by atoms with E-state index in [4.69, 9.17) is 4.74 Å². The lowest BCUT2D eigenvalue weighted by atomic mass is 10.2. The number of methoxy groups -OCH3 is 1. The van der Waals surface area contributed by atoms with Crippen molar-refractivity contribution in [1.29, 1.82) is 0 Å². The second-order valence-electron chi connectivity index (χ2n) is 8.17. The van der Waals surface area contributed by atoms with Gasteiger partial charge in [-0.3, -0.25) is 14.3 Å². The van der Waals surface area contributed by atoms with Crippen LogP contribution in [0.2, 0.25) is 0 Å². The average molecular weight is 528 g/mol. The second kappa shape index (κ2) is 9.63. The van der Waals surface area contributed by atoms with E-state index in [1.54, 1.807) is 34.4 Å². The van der Waals surface area contributed by atoms with Gasteiger partial charge in [0.25, 0.3) is 10.0 Å². The number of carbonyl (C=O) groups excluding carboxylic acids is 2. The topological polar surface area (TPSA) is 114 Å². The number of amides is 2. The first kappa shape index (κ1) is 23.8. The van der Waals surface area contributed by atoms with E-state index in [9.17, 15) is 18.0 Å². The summed E-state index contributed by atoms with van der Waals surface area (Å²) in [5, 5.41) is 2.95. The summed E-state index contributed by atoms with van der Waals surface area (Å²) < 4.78 is 34.6. The zero-order chi connectivity index (χ0) is 25.3. The molecule has 1 saturated heterocycles. The molecule has 2 aromatic carbocycles. The Labute approximate surface area is 213 Å². The van der Waals surface area contributed by atoms with Crippen molar-refractivity contribution in [2.45, 2.75) is 11.4 Å². The van der Waals surface area contributed by atoms with Crippen LogP contribution in [0.25, 0.3) is 10.9 Å². The van der Waals surface area contributed by atoms with Gasteiger partial charge < -0.3 is 19.1 Å². The Morgan fingerprint density at radius 1 is 1.17 bits per heavy atom. The maximum Gasteiger partial charge on any atom is 0.263 e. The van der Waals surface area contributed by atoms with E-state index in [1.165, 1.54) is 29.7 Å². The Hall–Kier alpha value is -3.90. The minimum Gasteiger partial charge on any atom is -0.497 e. The highest BCUT2D eigenvalue weighted by Gasteiger charge is 2.28. The third-order valence-electron chi connectivity index (χ3n) is 5.97. The second-order valence-corrected chi connectivity index (χ2v) is 10.7. The lowest BCUT2D eigenvalue weighted by Crippen LogP contribution is -2.53. The standard InChI is InChI=1S/C24H23N5O5S2.H2/c1-34-19-5-2-17-8-10-27(21(17)14-19)15-22(30)28-11-12-29(23(31)16-28)18-3-6-20(7-4-18)36(32,33)26-24-25-9-13-35-24;/h2-10,13-14H,11-12,15-16H2,1H3,(H,25,26);1H. The summed E-state index contributed by atoms with van der Waals surface area (Å²) in [6.07, 6.45) is 3.36. The van der Waals surface area contributed by atoms with Gasteiger partial charge in [-0.25, -0.2) is 13.4 Å². The van der Waals surface area contributed by atoms with Crippen LogP contribution in [0.5, 0.6) is 5.75 Å². The molecule has 5 rings (SSSR count). The van der Waals surface area contributed by atoms with Crippen LogP contribution < -0.4 is 14.4 Å². The predicted octanol–water partition coefficient (Wildman–Crippen LogP) is 3.03. The first-order valence-electron chi connectivity index (χ1n) is 11.1. The highest BCUT2D eigenvalue weighted by Crippen LogP contribution is 2.24. The molecule has 0 aliphatic carbocycles. The average Bonchev–Trinajstić information content (AvgIpc) is 3.53. The lowest BCUT2D eigenvalue weighted by molar-refractivity contribution is -0.137. The molecular weight excluding hydrogens is 502 g/mol. The van der Waals surface area contributed by atoms with E-state index in [1.807, 2.05) is 35.0 Å². The highest BCUT2D eigenvalue weighted by molar-refractivity contribution is 7.93. The van der Waals surface area contributed by atoms with Crippen LogP contribution in [0, 0.1) is 0 Å². The van der Waals surface area contributed by atoms with E-state index in [0.717, 1.165) is 10.9 Å². The van der Waals surface area contributed by atoms with E-state index in [2.05, 4.69) is 9.71 Å². The summed E-state index contributed by atoms with van der Waals surface area (Å²) in [7, 11) is -2.18. The summed E-state index contributed by atoms with van der Waals surface area (Å²) in [5.74, 6) is 0.319. The zero-order valence-corrected chi connectivity index (χ0v) is 21.0. The van der Waals surface area contributed by atoms with Crippen LogP contribution in [-0.2, 0) is 26.2 Å². The molecule has 0 saturated carbocycles. The van der Waals surface area contributed by atoms with Gasteiger partial charge in [0.2, 0.25) is 11.8 Å². The molecule has 0 bridgehead atoms. The fourth-order valence-electron chi connectivity index (χ4n) is 4.09. The van der Waals surface area contributed by atoms with E-state index < -0.39 is 10.0 Å². The van der Waals surface area contributed by atoms with Crippen molar-refractivity contribution < 1.29 is 24.2 Å². The number of thiazole rings is 1. The fourth-order valence-corrected chi connectivity index (χ4v) is 5.88. The molecule has 0 atom stereocenters. The molecule has 2 aromatic heterocycles. The number of anilines is 2. The number of sulfonamides is 1. The van der Waals surface area contributed by atoms with Crippen molar-refractivity contribution in [3.8, 4) is 5.75 Å². The predicted molar refractivity (Wildman–Crippen MR) is 139 cm³/mol. The van der Waals surface area contributed by atoms with Crippen LogP contribution in [0.3, 0.4) is 0 Å². The number of piperazine rings is 1. The Morgan fingerprint density at radius 2 is 1.97 bits per heavy atom. The number of nitrogens with one attached hydrogen (secondary N) is 1. The highest BCUT2D eigenvalue weighted by atomic mass is 32.2. The number of rotatable bonds is 7. The van der Waals surface area contributed by atoms with Crippen LogP contribution >= 0.6 is 11.3 Å². The molecule has 188 valence electrons. The summed E-state index contributed by atoms with van der Waals surface area (Å²) in [6, 6.07) is 13.7. The third kappa shape index (κ3) is 4.77. The lowest BCUT2D eigenvalue weighted by Gasteiger charge is -2.34. The van der Waals surface area contributed by atoms with E-state index in [-0.39, 0.29) is 36.4 Å². The van der Waals surface area contributed by atoms with Gasteiger partial charge in [-0.1, -0.05) is 0 Å². The monoisotopic (exact) mass is 527 g/mol. The smallest absolute Gasteiger partial charge is 0.263 e. The Morgan fingerprint density at radius 3 is 2.67 bits per heavy atom. The SMILES string of the molecule is COc1ccc2ccn(CC(=O)N3CCN(c4ccc(S(=O)(=O)Nc5nccs5)cc4)C(=O)C3)c2c1.[HH]. The summed E-state index contributed by atoms with van der Waals surface area (Å²) in [4.78, 5) is 32.9. The maximum absolute atomic E-state index is 13.0. The number of hydrogen-bond donors (Lipinski definition) is 1. The quantitative estimate of drug-likeness (QED) is 0.395. The van der Waals surface area contributed by atoms with Gasteiger partial charge in [0, 0.05) is 44.0 Å². The van der Waals surface area contributed by atoms with Gasteiger partial charge in [-0.15, -0.1) is 11.3 Å². The molecule has 1 fully saturated rings. The van der Waals surface area contributed by atoms with Crippen molar-refractivity contribution >= 4 is 54.9 Å². The minimum atomic E-state index is -3.78. The van der Waals surface area contributed by atoms with Gasteiger partial charge in [-0.2, -0.15) is 0 Å². The summed E-state index contributed by atoms with van der Waals surface area (Å²) in [6.45, 7) is 0.753. The van der Waals surface area contributed by atoms with Crippen LogP contribution in [0.1, 0.15) is 1.43 Å². The maximum atomic E-state index is 13.0. The van der Waals surface area contributed by atoms with Crippen molar-refractivity contribution in [2.24, 2.45) is 0 Å². The first-order valence-corrected chi connectivity index (χ1v) is 13.4. The van der Waals surface area contributed by atoms with Crippen molar-refractivity contribution in [2.75, 3.05) is 36.4 Å². The van der Waals surface area contributed by atoms with Crippen LogP contribution in [-0.4, -0.2) is 61.4 Å². The molecule has 10 nitrogen and oxygen atoms in total. The van der Waals surface area contributed by atoms with Gasteiger partial charge >= 0.3 is 0 Å². The first-order chi connectivity index (χ1) is 17.3. The number of ether oxygens (including phenoxy) is 1. The van der Waals surface area contributed by atoms with Gasteiger partial charge in [0.15, 0.2) is 5.13 Å². The Bertz CT molecular complexity index is 1520. The summed E-state index contributed by atoms with van der Waals surface area (Å²) >= 11 is 1.18. The molecule has 3 heterocycles. The molecule has 1 N–H and O–H groups in total. The van der Waals surface area contributed by atoms with E-state index in [0.29, 0.717) is 24.5 Å². The van der Waals surface area contributed by atoms with E-state index >= 15 is 0 Å². The molecule has 36 heavy (non-hydrogen) atoms. The number of nitrogens with zero attached hydrogens (tertiary/aromatic N) is 4. The molecule has 2 amide bonds. The van der Waals surface area contributed by atoms with Gasteiger partial charge in [-0.05, 0) is 47.9 Å². The Balaban J connectivity index is 0.00000320. The molecule has 0 radical (unpaired) electrons. The minimum absolute atomic E-state index is 0. The largest absolute Gasteiger partial charge is 0.497 e. The zero-order valence-electron chi connectivity index (χ0n) is 19.3. The van der Waals surface area contributed by atoms with Crippen molar-refractivity contribution in [3.05, 3.63) is 66.3 Å². The molecule has 0 unspecified atom stereocenters. The van der Waals surface area contributed by atoms with Gasteiger partial charge in [0.1, 0.15) is 18.8 Å². The van der Waals surface area contributed by atoms with Crippen LogP contribution in [0.15, 0.2) is 71.2 Å². The van der Waals surface area contributed by atoms with Crippen molar-refractivity contribution in [1.82, 2.24) is 14.5 Å². The number of benzene rings is 2. The molecule has 4 aromatic rings. The molecule has 1 aliphatic rings. The Kier molecular flexibility index (Phi) is 6.37. The third-order valence-corrected chi connectivity index (χ3v) is 8.15. The number of aromatic nitrogens is 2. The van der Waals surface area contributed by atoms with Gasteiger partial charge in [0.05, 0.1) is 17.5 Å². The molecule has 1 aliphatic heterocycles. The normalized spacial score (nSPS) is 14.3. The number of fused-ring (bicyclic) bond motifs is 1.